The third-order valence-corrected chi connectivity index (χ3v) is 5.55. The first kappa shape index (κ1) is 21.9. The van der Waals surface area contributed by atoms with Crippen LogP contribution in [0.25, 0.3) is 0 Å². The number of amides is 1. The number of aromatic nitrogens is 2. The minimum atomic E-state index is -0.467. The molecule has 0 spiro atoms. The Kier molecular flexibility index (Phi) is 6.48. The Bertz CT molecular complexity index is 965. The zero-order chi connectivity index (χ0) is 22.7. The fourth-order valence-corrected chi connectivity index (χ4v) is 4.02. The molecule has 1 fully saturated rings. The lowest BCUT2D eigenvalue weighted by atomic mass is 10.0. The van der Waals surface area contributed by atoms with Crippen LogP contribution in [0.1, 0.15) is 26.7 Å². The number of ether oxygens (including phenoxy) is 3. The molecule has 0 radical (unpaired) electrons. The standard InChI is InChI=1S/C22H28FN5O4/c1-14(2)32-22(29)27-8-6-16(7-9-27)28-10-11-31-19-20(24-13-25-21(19)28)26-15-4-5-18(30-3)17(23)12-15/h4-5,12-14,16H,6-11H2,1-3H3,(H,24,25,26). The van der Waals surface area contributed by atoms with E-state index >= 15 is 0 Å². The van der Waals surface area contributed by atoms with Gasteiger partial charge >= 0.3 is 6.09 Å². The fourth-order valence-electron chi connectivity index (χ4n) is 4.02. The number of carbonyl (C=O) groups is 1. The highest BCUT2D eigenvalue weighted by atomic mass is 19.1. The molecular weight excluding hydrogens is 417 g/mol. The van der Waals surface area contributed by atoms with Crippen molar-refractivity contribution in [2.75, 3.05) is 43.6 Å². The molecule has 1 saturated heterocycles. The molecule has 2 aromatic rings. The molecule has 0 bridgehead atoms. The van der Waals surface area contributed by atoms with E-state index in [0.29, 0.717) is 49.3 Å². The summed E-state index contributed by atoms with van der Waals surface area (Å²) in [7, 11) is 1.42. The molecule has 9 nitrogen and oxygen atoms in total. The fraction of sp³-hybridized carbons (Fsp3) is 0.500. The van der Waals surface area contributed by atoms with Gasteiger partial charge in [0.25, 0.3) is 0 Å². The van der Waals surface area contributed by atoms with Crippen molar-refractivity contribution < 1.29 is 23.4 Å². The van der Waals surface area contributed by atoms with Gasteiger partial charge in [0.2, 0.25) is 5.75 Å². The predicted octanol–water partition coefficient (Wildman–Crippen LogP) is 3.58. The summed E-state index contributed by atoms with van der Waals surface area (Å²) in [5, 5.41) is 3.12. The van der Waals surface area contributed by atoms with E-state index < -0.39 is 5.82 Å². The number of hydrogen-bond acceptors (Lipinski definition) is 8. The number of methoxy groups -OCH3 is 1. The molecule has 2 aliphatic rings. The highest BCUT2D eigenvalue weighted by Crippen LogP contribution is 2.38. The smallest absolute Gasteiger partial charge is 0.410 e. The monoisotopic (exact) mass is 445 g/mol. The van der Waals surface area contributed by atoms with E-state index in [9.17, 15) is 9.18 Å². The minimum Gasteiger partial charge on any atom is -0.494 e. The summed E-state index contributed by atoms with van der Waals surface area (Å²) in [4.78, 5) is 24.9. The molecule has 0 atom stereocenters. The van der Waals surface area contributed by atoms with Crippen LogP contribution in [0.4, 0.5) is 26.5 Å². The molecule has 0 saturated carbocycles. The molecule has 1 N–H and O–H groups in total. The number of benzene rings is 1. The molecule has 4 rings (SSSR count). The topological polar surface area (TPSA) is 89.0 Å². The number of piperidine rings is 1. The van der Waals surface area contributed by atoms with E-state index in [-0.39, 0.29) is 24.0 Å². The van der Waals surface area contributed by atoms with E-state index in [1.807, 2.05) is 13.8 Å². The van der Waals surface area contributed by atoms with Crippen molar-refractivity contribution in [3.8, 4) is 11.5 Å². The Morgan fingerprint density at radius 2 is 2.03 bits per heavy atom. The SMILES string of the molecule is COc1ccc(Nc2ncnc3c2OCCN3C2CCN(C(=O)OC(C)C)CC2)cc1F. The first-order valence-corrected chi connectivity index (χ1v) is 10.8. The number of nitrogens with one attached hydrogen (secondary N) is 1. The number of nitrogens with zero attached hydrogens (tertiary/aromatic N) is 4. The van der Waals surface area contributed by atoms with Crippen molar-refractivity contribution in [1.29, 1.82) is 0 Å². The van der Waals surface area contributed by atoms with E-state index in [2.05, 4.69) is 20.2 Å². The number of anilines is 3. The molecule has 2 aliphatic heterocycles. The van der Waals surface area contributed by atoms with Gasteiger partial charge in [0, 0.05) is 30.9 Å². The summed E-state index contributed by atoms with van der Waals surface area (Å²) in [6, 6.07) is 4.83. The first-order chi connectivity index (χ1) is 15.5. The van der Waals surface area contributed by atoms with Crippen LogP contribution in [0.5, 0.6) is 11.5 Å². The van der Waals surface area contributed by atoms with Crippen molar-refractivity contribution in [3.63, 3.8) is 0 Å². The van der Waals surface area contributed by atoms with Crippen LogP contribution in [-0.2, 0) is 4.74 Å². The van der Waals surface area contributed by atoms with Crippen LogP contribution >= 0.6 is 0 Å². The molecule has 0 unspecified atom stereocenters. The zero-order valence-electron chi connectivity index (χ0n) is 18.5. The van der Waals surface area contributed by atoms with Gasteiger partial charge in [-0.2, -0.15) is 0 Å². The largest absolute Gasteiger partial charge is 0.494 e. The summed E-state index contributed by atoms with van der Waals surface area (Å²) in [6.07, 6.45) is 2.69. The Balaban J connectivity index is 1.48. The molecule has 1 amide bonds. The highest BCUT2D eigenvalue weighted by molar-refractivity contribution is 5.71. The van der Waals surface area contributed by atoms with Gasteiger partial charge in [-0.1, -0.05) is 0 Å². The maximum Gasteiger partial charge on any atom is 0.410 e. The van der Waals surface area contributed by atoms with Crippen molar-refractivity contribution >= 4 is 23.4 Å². The molecule has 10 heteroatoms. The second-order valence-corrected chi connectivity index (χ2v) is 8.04. The average molecular weight is 445 g/mol. The lowest BCUT2D eigenvalue weighted by Gasteiger charge is -2.41. The summed E-state index contributed by atoms with van der Waals surface area (Å²) in [5.41, 5.74) is 0.530. The van der Waals surface area contributed by atoms with Gasteiger partial charge in [0.1, 0.15) is 12.9 Å². The third-order valence-electron chi connectivity index (χ3n) is 5.55. The zero-order valence-corrected chi connectivity index (χ0v) is 18.5. The Morgan fingerprint density at radius 3 is 2.72 bits per heavy atom. The molecular formula is C22H28FN5O4. The van der Waals surface area contributed by atoms with Crippen LogP contribution in [0.3, 0.4) is 0 Å². The molecule has 32 heavy (non-hydrogen) atoms. The third kappa shape index (κ3) is 4.63. The van der Waals surface area contributed by atoms with Gasteiger partial charge in [-0.25, -0.2) is 19.2 Å². The Hall–Kier alpha value is -3.30. The molecule has 3 heterocycles. The maximum absolute atomic E-state index is 14.1. The van der Waals surface area contributed by atoms with Crippen LogP contribution in [0.15, 0.2) is 24.5 Å². The number of likely N-dealkylation sites (tertiary alicyclic amines) is 1. The quantitative estimate of drug-likeness (QED) is 0.747. The predicted molar refractivity (Wildman–Crippen MR) is 117 cm³/mol. The molecule has 0 aliphatic carbocycles. The van der Waals surface area contributed by atoms with Gasteiger partial charge < -0.3 is 29.3 Å². The molecule has 1 aromatic heterocycles. The first-order valence-electron chi connectivity index (χ1n) is 10.8. The minimum absolute atomic E-state index is 0.131. The van der Waals surface area contributed by atoms with Crippen LogP contribution < -0.4 is 19.7 Å². The molecule has 172 valence electrons. The summed E-state index contributed by atoms with van der Waals surface area (Å²) in [5.74, 6) is 1.42. The number of fused-ring (bicyclic) bond motifs is 1. The van der Waals surface area contributed by atoms with Crippen molar-refractivity contribution in [3.05, 3.63) is 30.3 Å². The summed E-state index contributed by atoms with van der Waals surface area (Å²) in [6.45, 7) is 6.14. The van der Waals surface area contributed by atoms with Crippen LogP contribution in [0, 0.1) is 5.82 Å². The number of carbonyl (C=O) groups excluding carboxylic acids is 1. The number of rotatable bonds is 5. The Morgan fingerprint density at radius 1 is 1.25 bits per heavy atom. The van der Waals surface area contributed by atoms with E-state index in [1.54, 1.807) is 17.0 Å². The molecule has 1 aromatic carbocycles. The van der Waals surface area contributed by atoms with Gasteiger partial charge in [-0.3, -0.25) is 0 Å². The lowest BCUT2D eigenvalue weighted by molar-refractivity contribution is 0.0687. The normalized spacial score (nSPS) is 16.4. The van der Waals surface area contributed by atoms with Gasteiger partial charge in [-0.15, -0.1) is 0 Å². The van der Waals surface area contributed by atoms with E-state index in [4.69, 9.17) is 14.2 Å². The van der Waals surface area contributed by atoms with Crippen molar-refractivity contribution in [1.82, 2.24) is 14.9 Å². The van der Waals surface area contributed by atoms with Gasteiger partial charge in [0.05, 0.1) is 19.8 Å². The highest BCUT2D eigenvalue weighted by Gasteiger charge is 2.33. The number of hydrogen-bond donors (Lipinski definition) is 1. The van der Waals surface area contributed by atoms with Gasteiger partial charge in [0.15, 0.2) is 23.2 Å². The average Bonchev–Trinajstić information content (AvgIpc) is 2.79. The van der Waals surface area contributed by atoms with Crippen LogP contribution in [-0.4, -0.2) is 66.5 Å². The second-order valence-electron chi connectivity index (χ2n) is 8.04. The maximum atomic E-state index is 14.1. The van der Waals surface area contributed by atoms with E-state index in [0.717, 1.165) is 12.8 Å². The summed E-state index contributed by atoms with van der Waals surface area (Å²) >= 11 is 0. The summed E-state index contributed by atoms with van der Waals surface area (Å²) < 4.78 is 30.3. The van der Waals surface area contributed by atoms with Crippen LogP contribution in [0.2, 0.25) is 0 Å². The van der Waals surface area contributed by atoms with Crippen molar-refractivity contribution in [2.24, 2.45) is 0 Å². The lowest BCUT2D eigenvalue weighted by Crippen LogP contribution is -2.49. The van der Waals surface area contributed by atoms with Gasteiger partial charge in [-0.05, 0) is 38.8 Å². The van der Waals surface area contributed by atoms with Crippen molar-refractivity contribution in [2.45, 2.75) is 38.8 Å². The van der Waals surface area contributed by atoms with E-state index in [1.165, 1.54) is 19.5 Å². The number of halogens is 1. The Labute approximate surface area is 186 Å². The second kappa shape index (κ2) is 9.46.